The molecule has 0 aromatic rings. The van der Waals surface area contributed by atoms with E-state index in [0.29, 0.717) is 0 Å². The van der Waals surface area contributed by atoms with E-state index in [1.54, 1.807) is 0 Å². The van der Waals surface area contributed by atoms with E-state index in [4.69, 9.17) is 4.74 Å². The molecule has 11 heavy (non-hydrogen) atoms. The third-order valence-electron chi connectivity index (χ3n) is 1.73. The second-order valence-corrected chi connectivity index (χ2v) is 2.99. The number of rotatable bonds is 1. The molecule has 62 valence electrons. The molecule has 0 fully saturated rings. The van der Waals surface area contributed by atoms with Crippen LogP contribution < -0.4 is 0 Å². The lowest BCUT2D eigenvalue weighted by molar-refractivity contribution is -0.133. The van der Waals surface area contributed by atoms with Crippen LogP contribution in [0, 0.1) is 5.92 Å². The van der Waals surface area contributed by atoms with Crippen LogP contribution in [0.2, 0.25) is 0 Å². The summed E-state index contributed by atoms with van der Waals surface area (Å²) in [5, 5.41) is 9.28. The van der Waals surface area contributed by atoms with Crippen LogP contribution >= 0.6 is 0 Å². The van der Waals surface area contributed by atoms with Gasteiger partial charge in [-0.05, 0) is 5.92 Å². The number of carbonyl (C=O) groups is 1. The molecule has 0 amide bonds. The van der Waals surface area contributed by atoms with Gasteiger partial charge in [0.2, 0.25) is 0 Å². The molecule has 2 atom stereocenters. The molecule has 0 radical (unpaired) electrons. The molecule has 1 aliphatic rings. The molecule has 1 N–H and O–H groups in total. The second kappa shape index (κ2) is 3.05. The highest BCUT2D eigenvalue weighted by atomic mass is 16.5. The predicted octanol–water partition coefficient (Wildman–Crippen LogP) is 0.485. The zero-order valence-electron chi connectivity index (χ0n) is 6.65. The van der Waals surface area contributed by atoms with Crippen molar-refractivity contribution in [1.82, 2.24) is 0 Å². The van der Waals surface area contributed by atoms with Gasteiger partial charge < -0.3 is 9.84 Å². The molecular weight excluding hydrogens is 144 g/mol. The summed E-state index contributed by atoms with van der Waals surface area (Å²) in [5.74, 6) is -0.117. The van der Waals surface area contributed by atoms with Crippen molar-refractivity contribution in [2.45, 2.75) is 26.1 Å². The van der Waals surface area contributed by atoms with Crippen molar-refractivity contribution in [2.75, 3.05) is 0 Å². The van der Waals surface area contributed by atoms with E-state index in [1.807, 2.05) is 13.8 Å². The van der Waals surface area contributed by atoms with Crippen molar-refractivity contribution >= 4 is 5.78 Å². The lowest BCUT2D eigenvalue weighted by Gasteiger charge is -2.26. The molecule has 0 aromatic carbocycles. The first-order chi connectivity index (χ1) is 5.13. The summed E-state index contributed by atoms with van der Waals surface area (Å²) < 4.78 is 5.07. The molecule has 0 saturated heterocycles. The average molecular weight is 156 g/mol. The molecule has 3 nitrogen and oxygen atoms in total. The van der Waals surface area contributed by atoms with Gasteiger partial charge in [0.1, 0.15) is 6.10 Å². The van der Waals surface area contributed by atoms with Crippen molar-refractivity contribution in [2.24, 2.45) is 5.92 Å². The quantitative estimate of drug-likeness (QED) is 0.600. The maximum Gasteiger partial charge on any atom is 0.190 e. The largest absolute Gasteiger partial charge is 0.494 e. The van der Waals surface area contributed by atoms with Crippen molar-refractivity contribution in [3.63, 3.8) is 0 Å². The minimum Gasteiger partial charge on any atom is -0.494 e. The van der Waals surface area contributed by atoms with Gasteiger partial charge in [0, 0.05) is 6.08 Å². The molecule has 2 unspecified atom stereocenters. The first-order valence-corrected chi connectivity index (χ1v) is 3.67. The Morgan fingerprint density at radius 1 is 1.64 bits per heavy atom. The highest BCUT2D eigenvalue weighted by Crippen LogP contribution is 2.16. The number of aliphatic hydroxyl groups is 1. The number of hydrogen-bond donors (Lipinski definition) is 1. The molecule has 0 aliphatic carbocycles. The second-order valence-electron chi connectivity index (χ2n) is 2.99. The fourth-order valence-corrected chi connectivity index (χ4v) is 1.05. The maximum atomic E-state index is 10.9. The molecule has 1 heterocycles. The van der Waals surface area contributed by atoms with Crippen LogP contribution in [0.4, 0.5) is 0 Å². The lowest BCUT2D eigenvalue weighted by Crippen LogP contribution is -2.40. The number of ether oxygens (including phenoxy) is 1. The molecule has 0 bridgehead atoms. The van der Waals surface area contributed by atoms with E-state index in [2.05, 4.69) is 0 Å². The Hall–Kier alpha value is -0.830. The van der Waals surface area contributed by atoms with Gasteiger partial charge in [-0.15, -0.1) is 0 Å². The predicted molar refractivity (Wildman–Crippen MR) is 39.9 cm³/mol. The fraction of sp³-hybridized carbons (Fsp3) is 0.625. The third kappa shape index (κ3) is 1.60. The Morgan fingerprint density at radius 3 is 2.73 bits per heavy atom. The molecular formula is C8H12O3. The summed E-state index contributed by atoms with van der Waals surface area (Å²) in [6, 6.07) is 0. The zero-order chi connectivity index (χ0) is 8.43. The summed E-state index contributed by atoms with van der Waals surface area (Å²) in [6.45, 7) is 3.81. The minimum atomic E-state index is -0.986. The van der Waals surface area contributed by atoms with Gasteiger partial charge in [-0.3, -0.25) is 4.79 Å². The van der Waals surface area contributed by atoms with Gasteiger partial charge >= 0.3 is 0 Å². The Labute approximate surface area is 65.7 Å². The van der Waals surface area contributed by atoms with Gasteiger partial charge in [0.25, 0.3) is 0 Å². The average Bonchev–Trinajstić information content (AvgIpc) is 1.94. The number of ketones is 1. The SMILES string of the molecule is CC(C)C1OC=CC(=O)C1O. The summed E-state index contributed by atoms with van der Waals surface area (Å²) in [6.07, 6.45) is 1.23. The van der Waals surface area contributed by atoms with Crippen LogP contribution in [0.1, 0.15) is 13.8 Å². The van der Waals surface area contributed by atoms with E-state index in [-0.39, 0.29) is 17.8 Å². The van der Waals surface area contributed by atoms with E-state index < -0.39 is 6.10 Å². The lowest BCUT2D eigenvalue weighted by atomic mass is 9.97. The number of aliphatic hydroxyl groups excluding tert-OH is 1. The van der Waals surface area contributed by atoms with E-state index >= 15 is 0 Å². The van der Waals surface area contributed by atoms with Gasteiger partial charge in [-0.2, -0.15) is 0 Å². The number of hydrogen-bond acceptors (Lipinski definition) is 3. The summed E-state index contributed by atoms with van der Waals surface area (Å²) in [4.78, 5) is 10.9. The molecule has 3 heteroatoms. The van der Waals surface area contributed by atoms with Crippen molar-refractivity contribution in [3.8, 4) is 0 Å². The zero-order valence-corrected chi connectivity index (χ0v) is 6.65. The fourth-order valence-electron chi connectivity index (χ4n) is 1.05. The molecule has 0 saturated carbocycles. The maximum absolute atomic E-state index is 10.9. The van der Waals surface area contributed by atoms with Crippen LogP contribution in [0.5, 0.6) is 0 Å². The summed E-state index contributed by atoms with van der Waals surface area (Å²) in [5.41, 5.74) is 0. The van der Waals surface area contributed by atoms with Crippen LogP contribution in [-0.4, -0.2) is 23.1 Å². The van der Waals surface area contributed by atoms with Crippen LogP contribution in [0.25, 0.3) is 0 Å². The first kappa shape index (κ1) is 8.27. The smallest absolute Gasteiger partial charge is 0.190 e. The Kier molecular flexibility index (Phi) is 2.29. The Bertz CT molecular complexity index is 184. The summed E-state index contributed by atoms with van der Waals surface area (Å²) >= 11 is 0. The Morgan fingerprint density at radius 2 is 2.27 bits per heavy atom. The highest BCUT2D eigenvalue weighted by Gasteiger charge is 2.30. The van der Waals surface area contributed by atoms with Crippen LogP contribution in [0.15, 0.2) is 12.3 Å². The van der Waals surface area contributed by atoms with Gasteiger partial charge in [0.05, 0.1) is 6.26 Å². The normalized spacial score (nSPS) is 30.7. The monoisotopic (exact) mass is 156 g/mol. The number of carbonyl (C=O) groups excluding carboxylic acids is 1. The van der Waals surface area contributed by atoms with Crippen molar-refractivity contribution in [1.29, 1.82) is 0 Å². The van der Waals surface area contributed by atoms with E-state index in [1.165, 1.54) is 12.3 Å². The van der Waals surface area contributed by atoms with Crippen molar-refractivity contribution < 1.29 is 14.6 Å². The van der Waals surface area contributed by atoms with Crippen LogP contribution in [-0.2, 0) is 9.53 Å². The van der Waals surface area contributed by atoms with Crippen molar-refractivity contribution in [3.05, 3.63) is 12.3 Å². The molecule has 0 aromatic heterocycles. The highest BCUT2D eigenvalue weighted by molar-refractivity contribution is 5.94. The third-order valence-corrected chi connectivity index (χ3v) is 1.73. The standard InChI is InChI=1S/C8H12O3/c1-5(2)8-7(10)6(9)3-4-11-8/h3-5,7-8,10H,1-2H3. The van der Waals surface area contributed by atoms with E-state index in [0.717, 1.165) is 0 Å². The first-order valence-electron chi connectivity index (χ1n) is 3.67. The van der Waals surface area contributed by atoms with E-state index in [9.17, 15) is 9.90 Å². The topological polar surface area (TPSA) is 46.5 Å². The van der Waals surface area contributed by atoms with Gasteiger partial charge in [-0.25, -0.2) is 0 Å². The van der Waals surface area contributed by atoms with Gasteiger partial charge in [0.15, 0.2) is 11.9 Å². The summed E-state index contributed by atoms with van der Waals surface area (Å²) in [7, 11) is 0. The van der Waals surface area contributed by atoms with Crippen LogP contribution in [0.3, 0.4) is 0 Å². The molecule has 1 aliphatic heterocycles. The minimum absolute atomic E-state index is 0.152. The molecule has 0 spiro atoms. The van der Waals surface area contributed by atoms with Gasteiger partial charge in [-0.1, -0.05) is 13.8 Å². The Balaban J connectivity index is 2.70. The molecule has 1 rings (SSSR count).